The van der Waals surface area contributed by atoms with Crippen molar-refractivity contribution in [2.24, 2.45) is 11.8 Å². The second-order valence-corrected chi connectivity index (χ2v) is 5.58. The summed E-state index contributed by atoms with van der Waals surface area (Å²) >= 11 is 5.86. The Kier molecular flexibility index (Phi) is 4.16. The second kappa shape index (κ2) is 5.63. The number of rotatable bonds is 3. The fourth-order valence-corrected chi connectivity index (χ4v) is 2.59. The SMILES string of the molecule is CC1CCC(CNc2ccc(O)c(Cl)c2)CC1. The first-order valence-electron chi connectivity index (χ1n) is 6.37. The molecule has 0 saturated heterocycles. The molecule has 0 spiro atoms. The van der Waals surface area contributed by atoms with Gasteiger partial charge in [0.2, 0.25) is 0 Å². The quantitative estimate of drug-likeness (QED) is 0.788. The Hall–Kier alpha value is -0.890. The van der Waals surface area contributed by atoms with Gasteiger partial charge in [-0.1, -0.05) is 31.4 Å². The molecule has 17 heavy (non-hydrogen) atoms. The minimum atomic E-state index is 0.142. The van der Waals surface area contributed by atoms with Gasteiger partial charge in [0.05, 0.1) is 5.02 Å². The van der Waals surface area contributed by atoms with Crippen LogP contribution in [0.5, 0.6) is 5.75 Å². The van der Waals surface area contributed by atoms with E-state index in [1.165, 1.54) is 25.7 Å². The van der Waals surface area contributed by atoms with Gasteiger partial charge in [-0.3, -0.25) is 0 Å². The van der Waals surface area contributed by atoms with Crippen molar-refractivity contribution >= 4 is 17.3 Å². The largest absolute Gasteiger partial charge is 0.506 e. The minimum Gasteiger partial charge on any atom is -0.506 e. The van der Waals surface area contributed by atoms with Crippen molar-refractivity contribution < 1.29 is 5.11 Å². The van der Waals surface area contributed by atoms with Crippen LogP contribution in [0.2, 0.25) is 5.02 Å². The Bertz CT molecular complexity index is 372. The number of anilines is 1. The maximum Gasteiger partial charge on any atom is 0.134 e. The molecule has 1 aliphatic carbocycles. The molecule has 0 aromatic heterocycles. The highest BCUT2D eigenvalue weighted by atomic mass is 35.5. The van der Waals surface area contributed by atoms with Crippen LogP contribution < -0.4 is 5.32 Å². The predicted molar refractivity (Wildman–Crippen MR) is 72.7 cm³/mol. The zero-order chi connectivity index (χ0) is 12.3. The Morgan fingerprint density at radius 2 is 2.00 bits per heavy atom. The smallest absolute Gasteiger partial charge is 0.134 e. The predicted octanol–water partition coefficient (Wildman–Crippen LogP) is 4.28. The molecule has 3 heteroatoms. The first-order chi connectivity index (χ1) is 8.15. The Balaban J connectivity index is 1.83. The third kappa shape index (κ3) is 3.53. The van der Waals surface area contributed by atoms with Gasteiger partial charge < -0.3 is 10.4 Å². The third-order valence-electron chi connectivity index (χ3n) is 3.68. The molecule has 1 saturated carbocycles. The lowest BCUT2D eigenvalue weighted by molar-refractivity contribution is 0.300. The molecular weight excluding hydrogens is 234 g/mol. The normalized spacial score (nSPS) is 24.6. The molecule has 0 radical (unpaired) electrons. The zero-order valence-electron chi connectivity index (χ0n) is 10.2. The second-order valence-electron chi connectivity index (χ2n) is 5.17. The minimum absolute atomic E-state index is 0.142. The van der Waals surface area contributed by atoms with E-state index in [1.54, 1.807) is 12.1 Å². The van der Waals surface area contributed by atoms with Crippen molar-refractivity contribution in [1.82, 2.24) is 0 Å². The number of hydrogen-bond donors (Lipinski definition) is 2. The molecule has 0 atom stereocenters. The van der Waals surface area contributed by atoms with Gasteiger partial charge in [-0.25, -0.2) is 0 Å². The van der Waals surface area contributed by atoms with Crippen LogP contribution in [0, 0.1) is 11.8 Å². The van der Waals surface area contributed by atoms with Crippen LogP contribution in [0.1, 0.15) is 32.6 Å². The fourth-order valence-electron chi connectivity index (χ4n) is 2.41. The van der Waals surface area contributed by atoms with Crippen molar-refractivity contribution in [3.05, 3.63) is 23.2 Å². The third-order valence-corrected chi connectivity index (χ3v) is 3.98. The summed E-state index contributed by atoms with van der Waals surface area (Å²) in [6.45, 7) is 3.34. The molecule has 94 valence electrons. The van der Waals surface area contributed by atoms with E-state index in [2.05, 4.69) is 12.2 Å². The number of benzene rings is 1. The van der Waals surface area contributed by atoms with Gasteiger partial charge in [0, 0.05) is 12.2 Å². The van der Waals surface area contributed by atoms with Gasteiger partial charge in [0.25, 0.3) is 0 Å². The number of phenols is 1. The highest BCUT2D eigenvalue weighted by Crippen LogP contribution is 2.29. The lowest BCUT2D eigenvalue weighted by Gasteiger charge is -2.26. The van der Waals surface area contributed by atoms with Crippen LogP contribution in [0.3, 0.4) is 0 Å². The summed E-state index contributed by atoms with van der Waals surface area (Å²) in [7, 11) is 0. The van der Waals surface area contributed by atoms with E-state index in [9.17, 15) is 5.11 Å². The first kappa shape index (κ1) is 12.6. The fraction of sp³-hybridized carbons (Fsp3) is 0.571. The van der Waals surface area contributed by atoms with Crippen LogP contribution >= 0.6 is 11.6 Å². The summed E-state index contributed by atoms with van der Waals surface area (Å²) in [6, 6.07) is 5.28. The molecular formula is C14H20ClNO. The van der Waals surface area contributed by atoms with Gasteiger partial charge in [0.15, 0.2) is 0 Å². The van der Waals surface area contributed by atoms with Crippen molar-refractivity contribution in [3.8, 4) is 5.75 Å². The standard InChI is InChI=1S/C14H20ClNO/c1-10-2-4-11(5-3-10)9-16-12-6-7-14(17)13(15)8-12/h6-8,10-11,16-17H,2-5,9H2,1H3. The highest BCUT2D eigenvalue weighted by molar-refractivity contribution is 6.32. The van der Waals surface area contributed by atoms with Crippen molar-refractivity contribution in [3.63, 3.8) is 0 Å². The molecule has 0 unspecified atom stereocenters. The Morgan fingerprint density at radius 3 is 2.65 bits per heavy atom. The average molecular weight is 254 g/mol. The number of hydrogen-bond acceptors (Lipinski definition) is 2. The van der Waals surface area contributed by atoms with E-state index in [1.807, 2.05) is 6.07 Å². The van der Waals surface area contributed by atoms with Gasteiger partial charge in [-0.15, -0.1) is 0 Å². The van der Waals surface area contributed by atoms with E-state index in [4.69, 9.17) is 11.6 Å². The van der Waals surface area contributed by atoms with E-state index in [0.29, 0.717) is 5.02 Å². The maximum atomic E-state index is 9.33. The first-order valence-corrected chi connectivity index (χ1v) is 6.75. The summed E-state index contributed by atoms with van der Waals surface area (Å²) in [4.78, 5) is 0. The Morgan fingerprint density at radius 1 is 1.29 bits per heavy atom. The molecule has 0 heterocycles. The number of halogens is 1. The topological polar surface area (TPSA) is 32.3 Å². The van der Waals surface area contributed by atoms with Gasteiger partial charge >= 0.3 is 0 Å². The van der Waals surface area contributed by atoms with Crippen molar-refractivity contribution in [1.29, 1.82) is 0 Å². The van der Waals surface area contributed by atoms with Gasteiger partial charge in [0.1, 0.15) is 5.75 Å². The molecule has 2 nitrogen and oxygen atoms in total. The van der Waals surface area contributed by atoms with E-state index < -0.39 is 0 Å². The number of aromatic hydroxyl groups is 1. The number of nitrogens with one attached hydrogen (secondary N) is 1. The van der Waals surface area contributed by atoms with Crippen LogP contribution in [-0.2, 0) is 0 Å². The molecule has 1 aromatic rings. The monoisotopic (exact) mass is 253 g/mol. The molecule has 2 N–H and O–H groups in total. The lowest BCUT2D eigenvalue weighted by Crippen LogP contribution is -2.20. The molecule has 2 rings (SSSR count). The van der Waals surface area contributed by atoms with Crippen LogP contribution in [0.25, 0.3) is 0 Å². The van der Waals surface area contributed by atoms with E-state index >= 15 is 0 Å². The van der Waals surface area contributed by atoms with Crippen LogP contribution in [0.15, 0.2) is 18.2 Å². The molecule has 1 aliphatic rings. The lowest BCUT2D eigenvalue weighted by atomic mass is 9.83. The van der Waals surface area contributed by atoms with Crippen molar-refractivity contribution in [2.75, 3.05) is 11.9 Å². The molecule has 0 bridgehead atoms. The molecule has 1 fully saturated rings. The van der Waals surface area contributed by atoms with Gasteiger partial charge in [-0.2, -0.15) is 0 Å². The zero-order valence-corrected chi connectivity index (χ0v) is 11.0. The molecule has 0 amide bonds. The summed E-state index contributed by atoms with van der Waals surface area (Å²) in [5.74, 6) is 1.82. The summed E-state index contributed by atoms with van der Waals surface area (Å²) < 4.78 is 0. The molecule has 0 aliphatic heterocycles. The van der Waals surface area contributed by atoms with Crippen LogP contribution in [-0.4, -0.2) is 11.7 Å². The van der Waals surface area contributed by atoms with Gasteiger partial charge in [-0.05, 0) is 42.9 Å². The van der Waals surface area contributed by atoms with Crippen LogP contribution in [0.4, 0.5) is 5.69 Å². The van der Waals surface area contributed by atoms with E-state index in [0.717, 1.165) is 24.1 Å². The summed E-state index contributed by atoms with van der Waals surface area (Å²) in [6.07, 6.45) is 5.34. The molecule has 1 aromatic carbocycles. The average Bonchev–Trinajstić information content (AvgIpc) is 2.33. The maximum absolute atomic E-state index is 9.33. The highest BCUT2D eigenvalue weighted by Gasteiger charge is 2.17. The summed E-state index contributed by atoms with van der Waals surface area (Å²) in [5, 5.41) is 13.1. The van der Waals surface area contributed by atoms with E-state index in [-0.39, 0.29) is 5.75 Å². The number of phenolic OH excluding ortho intramolecular Hbond substituents is 1. The van der Waals surface area contributed by atoms with Crippen molar-refractivity contribution in [2.45, 2.75) is 32.6 Å². The Labute approximate surface area is 108 Å². The summed E-state index contributed by atoms with van der Waals surface area (Å²) in [5.41, 5.74) is 0.992.